The minimum atomic E-state index is 0.228. The normalized spacial score (nSPS) is 14.2. The summed E-state index contributed by atoms with van der Waals surface area (Å²) >= 11 is 0. The van der Waals surface area contributed by atoms with Crippen LogP contribution in [0.5, 0.6) is 0 Å². The molecule has 0 spiro atoms. The third kappa shape index (κ3) is 11.8. The maximum atomic E-state index is 5.18. The molecule has 0 aromatic heterocycles. The van der Waals surface area contributed by atoms with E-state index in [0.717, 1.165) is 26.1 Å². The molecule has 0 fully saturated rings. The van der Waals surface area contributed by atoms with Crippen LogP contribution in [0.3, 0.4) is 0 Å². The second-order valence-electron chi connectivity index (χ2n) is 5.12. The molecule has 3 nitrogen and oxygen atoms in total. The second kappa shape index (κ2) is 8.08. The first-order valence-corrected chi connectivity index (χ1v) is 5.94. The first kappa shape index (κ1) is 14.9. The highest BCUT2D eigenvalue weighted by atomic mass is 16.5. The maximum absolute atomic E-state index is 5.18. The third-order valence-electron chi connectivity index (χ3n) is 2.32. The second-order valence-corrected chi connectivity index (χ2v) is 5.12. The van der Waals surface area contributed by atoms with Crippen molar-refractivity contribution in [2.24, 2.45) is 0 Å². The molecule has 0 saturated heterocycles. The van der Waals surface area contributed by atoms with Gasteiger partial charge in [0.15, 0.2) is 0 Å². The van der Waals surface area contributed by atoms with Crippen molar-refractivity contribution < 1.29 is 4.74 Å². The lowest BCUT2D eigenvalue weighted by atomic mass is 10.1. The third-order valence-corrected chi connectivity index (χ3v) is 2.32. The number of nitrogens with one attached hydrogen (secondary N) is 2. The van der Waals surface area contributed by atoms with Gasteiger partial charge in [0.25, 0.3) is 0 Å². The Bertz CT molecular complexity index is 143. The summed E-state index contributed by atoms with van der Waals surface area (Å²) in [6.45, 7) is 11.8. The highest BCUT2D eigenvalue weighted by Crippen LogP contribution is 1.98. The Morgan fingerprint density at radius 3 is 2.33 bits per heavy atom. The number of ether oxygens (including phenoxy) is 1. The SMILES string of the molecule is COC(C)CCCNCCNC(C)(C)C. The fourth-order valence-electron chi connectivity index (χ4n) is 1.28. The molecule has 92 valence electrons. The summed E-state index contributed by atoms with van der Waals surface area (Å²) in [6.07, 6.45) is 2.71. The molecule has 15 heavy (non-hydrogen) atoms. The summed E-state index contributed by atoms with van der Waals surface area (Å²) in [5.41, 5.74) is 0.228. The predicted molar refractivity (Wildman–Crippen MR) is 66.3 cm³/mol. The van der Waals surface area contributed by atoms with E-state index in [1.54, 1.807) is 7.11 Å². The van der Waals surface area contributed by atoms with Crippen LogP contribution in [0.2, 0.25) is 0 Å². The van der Waals surface area contributed by atoms with Gasteiger partial charge in [0, 0.05) is 25.7 Å². The Labute approximate surface area is 95.0 Å². The van der Waals surface area contributed by atoms with Crippen LogP contribution in [0.25, 0.3) is 0 Å². The Morgan fingerprint density at radius 2 is 1.80 bits per heavy atom. The van der Waals surface area contributed by atoms with Crippen LogP contribution < -0.4 is 10.6 Å². The monoisotopic (exact) mass is 216 g/mol. The van der Waals surface area contributed by atoms with Crippen molar-refractivity contribution in [3.8, 4) is 0 Å². The van der Waals surface area contributed by atoms with Crippen LogP contribution in [-0.4, -0.2) is 38.4 Å². The van der Waals surface area contributed by atoms with E-state index in [0.29, 0.717) is 6.10 Å². The lowest BCUT2D eigenvalue weighted by molar-refractivity contribution is 0.109. The van der Waals surface area contributed by atoms with E-state index in [9.17, 15) is 0 Å². The van der Waals surface area contributed by atoms with Crippen molar-refractivity contribution in [1.82, 2.24) is 10.6 Å². The van der Waals surface area contributed by atoms with Crippen molar-refractivity contribution in [3.05, 3.63) is 0 Å². The standard InChI is InChI=1S/C12H28N2O/c1-11(15-5)7-6-8-13-9-10-14-12(2,3)4/h11,13-14H,6-10H2,1-5H3. The van der Waals surface area contributed by atoms with E-state index in [4.69, 9.17) is 4.74 Å². The molecule has 0 aromatic carbocycles. The Hall–Kier alpha value is -0.120. The van der Waals surface area contributed by atoms with E-state index in [1.165, 1.54) is 6.42 Å². The summed E-state index contributed by atoms with van der Waals surface area (Å²) in [5.74, 6) is 0. The Kier molecular flexibility index (Phi) is 8.02. The molecule has 0 aliphatic carbocycles. The zero-order chi connectivity index (χ0) is 11.7. The van der Waals surface area contributed by atoms with E-state index in [-0.39, 0.29) is 5.54 Å². The minimum absolute atomic E-state index is 0.228. The molecule has 0 aliphatic rings. The zero-order valence-electron chi connectivity index (χ0n) is 11.0. The predicted octanol–water partition coefficient (Wildman–Crippen LogP) is 1.78. The van der Waals surface area contributed by atoms with Crippen LogP contribution in [0.15, 0.2) is 0 Å². The number of methoxy groups -OCH3 is 1. The smallest absolute Gasteiger partial charge is 0.0543 e. The van der Waals surface area contributed by atoms with Crippen molar-refractivity contribution in [2.45, 2.75) is 52.2 Å². The fraction of sp³-hybridized carbons (Fsp3) is 1.00. The summed E-state index contributed by atoms with van der Waals surface area (Å²) in [7, 11) is 1.77. The quantitative estimate of drug-likeness (QED) is 0.607. The zero-order valence-corrected chi connectivity index (χ0v) is 11.0. The molecular weight excluding hydrogens is 188 g/mol. The van der Waals surface area contributed by atoms with Gasteiger partial charge in [0.1, 0.15) is 0 Å². The molecule has 3 heteroatoms. The van der Waals surface area contributed by atoms with E-state index in [2.05, 4.69) is 38.3 Å². The molecule has 1 atom stereocenters. The molecular formula is C12H28N2O. The maximum Gasteiger partial charge on any atom is 0.0543 e. The molecule has 2 N–H and O–H groups in total. The summed E-state index contributed by atoms with van der Waals surface area (Å²) in [6, 6.07) is 0. The van der Waals surface area contributed by atoms with Crippen LogP contribution in [0, 0.1) is 0 Å². The lowest BCUT2D eigenvalue weighted by Gasteiger charge is -2.20. The lowest BCUT2D eigenvalue weighted by Crippen LogP contribution is -2.40. The van der Waals surface area contributed by atoms with Crippen molar-refractivity contribution in [1.29, 1.82) is 0 Å². The van der Waals surface area contributed by atoms with Gasteiger partial charge in [0.2, 0.25) is 0 Å². The molecule has 0 radical (unpaired) electrons. The molecule has 0 amide bonds. The largest absolute Gasteiger partial charge is 0.382 e. The van der Waals surface area contributed by atoms with Gasteiger partial charge in [-0.25, -0.2) is 0 Å². The molecule has 0 aromatic rings. The molecule has 0 aliphatic heterocycles. The van der Waals surface area contributed by atoms with Gasteiger partial charge in [0.05, 0.1) is 6.10 Å². The number of rotatable bonds is 8. The van der Waals surface area contributed by atoms with Gasteiger partial charge < -0.3 is 15.4 Å². The number of hydrogen-bond acceptors (Lipinski definition) is 3. The molecule has 0 heterocycles. The Morgan fingerprint density at radius 1 is 1.13 bits per heavy atom. The van der Waals surface area contributed by atoms with Gasteiger partial charge >= 0.3 is 0 Å². The topological polar surface area (TPSA) is 33.3 Å². The highest BCUT2D eigenvalue weighted by molar-refractivity contribution is 4.70. The number of hydrogen-bond donors (Lipinski definition) is 2. The van der Waals surface area contributed by atoms with Crippen LogP contribution in [-0.2, 0) is 4.74 Å². The van der Waals surface area contributed by atoms with E-state index in [1.807, 2.05) is 0 Å². The first-order chi connectivity index (χ1) is 6.95. The van der Waals surface area contributed by atoms with E-state index < -0.39 is 0 Å². The van der Waals surface area contributed by atoms with Crippen LogP contribution >= 0.6 is 0 Å². The molecule has 0 rings (SSSR count). The van der Waals surface area contributed by atoms with E-state index >= 15 is 0 Å². The van der Waals surface area contributed by atoms with Gasteiger partial charge in [-0.2, -0.15) is 0 Å². The average molecular weight is 216 g/mol. The van der Waals surface area contributed by atoms with Gasteiger partial charge in [-0.3, -0.25) is 0 Å². The summed E-state index contributed by atoms with van der Waals surface area (Å²) in [5, 5.41) is 6.86. The first-order valence-electron chi connectivity index (χ1n) is 5.94. The molecule has 0 saturated carbocycles. The molecule has 0 bridgehead atoms. The summed E-state index contributed by atoms with van der Waals surface area (Å²) in [4.78, 5) is 0. The van der Waals surface area contributed by atoms with Crippen molar-refractivity contribution in [3.63, 3.8) is 0 Å². The fourth-order valence-corrected chi connectivity index (χ4v) is 1.28. The van der Waals surface area contributed by atoms with Crippen molar-refractivity contribution in [2.75, 3.05) is 26.7 Å². The summed E-state index contributed by atoms with van der Waals surface area (Å²) < 4.78 is 5.18. The van der Waals surface area contributed by atoms with Gasteiger partial charge in [-0.1, -0.05) is 0 Å². The van der Waals surface area contributed by atoms with Gasteiger partial charge in [-0.05, 0) is 47.1 Å². The van der Waals surface area contributed by atoms with Crippen LogP contribution in [0.1, 0.15) is 40.5 Å². The average Bonchev–Trinajstić information content (AvgIpc) is 2.14. The van der Waals surface area contributed by atoms with Crippen molar-refractivity contribution >= 4 is 0 Å². The van der Waals surface area contributed by atoms with Gasteiger partial charge in [-0.15, -0.1) is 0 Å². The highest BCUT2D eigenvalue weighted by Gasteiger charge is 2.06. The molecule has 1 unspecified atom stereocenters. The van der Waals surface area contributed by atoms with Crippen LogP contribution in [0.4, 0.5) is 0 Å². The Balaban J connectivity index is 3.12. The minimum Gasteiger partial charge on any atom is -0.382 e.